The largest absolute Gasteiger partial charge is 0.493 e. The predicted octanol–water partition coefficient (Wildman–Crippen LogP) is 4.63. The number of ether oxygens (including phenoxy) is 3. The molecule has 7 heteroatoms. The van der Waals surface area contributed by atoms with Crippen LogP contribution in [0, 0.1) is 0 Å². The second-order valence-corrected chi connectivity index (χ2v) is 7.21. The third-order valence-corrected chi connectivity index (χ3v) is 4.93. The molecule has 1 atom stereocenters. The number of carbonyl (C=O) groups is 2. The van der Waals surface area contributed by atoms with Gasteiger partial charge >= 0.3 is 12.0 Å². The van der Waals surface area contributed by atoms with E-state index in [4.69, 9.17) is 14.2 Å². The average Bonchev–Trinajstić information content (AvgIpc) is 2.73. The van der Waals surface area contributed by atoms with Crippen LogP contribution in [-0.4, -0.2) is 32.3 Å². The van der Waals surface area contributed by atoms with Gasteiger partial charge in [-0.3, -0.25) is 0 Å². The van der Waals surface area contributed by atoms with Gasteiger partial charge in [0.25, 0.3) is 0 Å². The molecule has 0 fully saturated rings. The quantitative estimate of drug-likeness (QED) is 0.382. The van der Waals surface area contributed by atoms with Crippen LogP contribution in [0.15, 0.2) is 29.5 Å². The van der Waals surface area contributed by atoms with E-state index in [0.717, 1.165) is 24.8 Å². The van der Waals surface area contributed by atoms with Crippen molar-refractivity contribution in [1.29, 1.82) is 0 Å². The lowest BCUT2D eigenvalue weighted by Crippen LogP contribution is -2.46. The van der Waals surface area contributed by atoms with Gasteiger partial charge in [0.15, 0.2) is 11.5 Å². The Hall–Kier alpha value is -2.70. The highest BCUT2D eigenvalue weighted by Gasteiger charge is 2.33. The van der Waals surface area contributed by atoms with Gasteiger partial charge in [-0.1, -0.05) is 45.6 Å². The average molecular weight is 419 g/mol. The summed E-state index contributed by atoms with van der Waals surface area (Å²) in [4.78, 5) is 24.9. The Balaban J connectivity index is 2.30. The molecule has 30 heavy (non-hydrogen) atoms. The van der Waals surface area contributed by atoms with Crippen molar-refractivity contribution in [2.75, 3.05) is 20.3 Å². The molecule has 1 aliphatic heterocycles. The molecule has 0 spiro atoms. The minimum absolute atomic E-state index is 0.260. The van der Waals surface area contributed by atoms with E-state index < -0.39 is 12.0 Å². The molecule has 166 valence electrons. The van der Waals surface area contributed by atoms with Gasteiger partial charge < -0.3 is 24.8 Å². The van der Waals surface area contributed by atoms with E-state index in [0.29, 0.717) is 35.8 Å². The molecule has 1 aromatic carbocycles. The van der Waals surface area contributed by atoms with Crippen LogP contribution >= 0.6 is 0 Å². The Kier molecular flexibility index (Phi) is 9.51. The first-order chi connectivity index (χ1) is 14.5. The van der Waals surface area contributed by atoms with Crippen molar-refractivity contribution in [3.63, 3.8) is 0 Å². The summed E-state index contributed by atoms with van der Waals surface area (Å²) < 4.78 is 16.7. The normalized spacial score (nSPS) is 16.0. The van der Waals surface area contributed by atoms with E-state index in [9.17, 15) is 9.59 Å². The highest BCUT2D eigenvalue weighted by molar-refractivity contribution is 5.95. The lowest BCUT2D eigenvalue weighted by molar-refractivity contribution is -0.139. The van der Waals surface area contributed by atoms with Crippen molar-refractivity contribution < 1.29 is 23.8 Å². The van der Waals surface area contributed by atoms with E-state index in [1.54, 1.807) is 20.1 Å². The molecule has 0 bridgehead atoms. The molecule has 2 amide bonds. The van der Waals surface area contributed by atoms with Crippen LogP contribution in [0.4, 0.5) is 4.79 Å². The van der Waals surface area contributed by atoms with Crippen LogP contribution in [0.1, 0.15) is 70.9 Å². The summed E-state index contributed by atoms with van der Waals surface area (Å²) in [5, 5.41) is 5.61. The zero-order valence-corrected chi connectivity index (χ0v) is 18.5. The summed E-state index contributed by atoms with van der Waals surface area (Å²) in [5.41, 5.74) is 1.75. The molecule has 0 radical (unpaired) electrons. The Morgan fingerprint density at radius 3 is 2.53 bits per heavy atom. The van der Waals surface area contributed by atoms with Gasteiger partial charge in [-0.15, -0.1) is 0 Å². The van der Waals surface area contributed by atoms with E-state index in [1.165, 1.54) is 12.8 Å². The van der Waals surface area contributed by atoms with E-state index in [2.05, 4.69) is 17.6 Å². The number of hydrogen-bond acceptors (Lipinski definition) is 5. The molecule has 0 aromatic heterocycles. The monoisotopic (exact) mass is 418 g/mol. The topological polar surface area (TPSA) is 85.9 Å². The molecule has 2 rings (SSSR count). The lowest BCUT2D eigenvalue weighted by atomic mass is 9.93. The fraction of sp³-hybridized carbons (Fsp3) is 0.565. The van der Waals surface area contributed by atoms with Gasteiger partial charge in [0.1, 0.15) is 0 Å². The number of rotatable bonds is 12. The number of hydrogen-bond donors (Lipinski definition) is 2. The highest BCUT2D eigenvalue weighted by atomic mass is 16.5. The van der Waals surface area contributed by atoms with E-state index >= 15 is 0 Å². The Morgan fingerprint density at radius 2 is 1.87 bits per heavy atom. The SMILES string of the molecule is CCCCCCOc1ccc(C2NC(=O)NC(CCC)=C2C(=O)OCC)cc1OC. The van der Waals surface area contributed by atoms with Crippen LogP contribution in [-0.2, 0) is 9.53 Å². The second kappa shape index (κ2) is 12.1. The maximum absolute atomic E-state index is 12.7. The summed E-state index contributed by atoms with van der Waals surface area (Å²) >= 11 is 0. The number of unbranched alkanes of at least 4 members (excludes halogenated alkanes) is 3. The third-order valence-electron chi connectivity index (χ3n) is 4.93. The Morgan fingerprint density at radius 1 is 1.07 bits per heavy atom. The van der Waals surface area contributed by atoms with Crippen LogP contribution in [0.5, 0.6) is 11.5 Å². The minimum Gasteiger partial charge on any atom is -0.493 e. The zero-order valence-electron chi connectivity index (χ0n) is 18.5. The van der Waals surface area contributed by atoms with Crippen LogP contribution in [0.25, 0.3) is 0 Å². The number of esters is 1. The number of urea groups is 1. The van der Waals surface area contributed by atoms with E-state index in [-0.39, 0.29) is 12.6 Å². The summed E-state index contributed by atoms with van der Waals surface area (Å²) in [6.45, 7) is 6.81. The smallest absolute Gasteiger partial charge is 0.338 e. The second-order valence-electron chi connectivity index (χ2n) is 7.21. The molecule has 1 heterocycles. The molecule has 2 N–H and O–H groups in total. The molecule has 0 saturated carbocycles. The predicted molar refractivity (Wildman–Crippen MR) is 116 cm³/mol. The summed E-state index contributed by atoms with van der Waals surface area (Å²) in [7, 11) is 1.58. The molecular formula is C23H34N2O5. The molecular weight excluding hydrogens is 384 g/mol. The fourth-order valence-electron chi connectivity index (χ4n) is 3.46. The summed E-state index contributed by atoms with van der Waals surface area (Å²) in [6.07, 6.45) is 5.85. The van der Waals surface area contributed by atoms with Crippen molar-refractivity contribution in [1.82, 2.24) is 10.6 Å². The van der Waals surface area contributed by atoms with Gasteiger partial charge in [0, 0.05) is 5.70 Å². The summed E-state index contributed by atoms with van der Waals surface area (Å²) in [6, 6.07) is 4.52. The number of benzene rings is 1. The molecule has 1 unspecified atom stereocenters. The third kappa shape index (κ3) is 6.15. The minimum atomic E-state index is -0.619. The first-order valence-electron chi connectivity index (χ1n) is 10.8. The zero-order chi connectivity index (χ0) is 21.9. The van der Waals surface area contributed by atoms with Crippen LogP contribution < -0.4 is 20.1 Å². The first kappa shape index (κ1) is 23.6. The fourth-order valence-corrected chi connectivity index (χ4v) is 3.46. The van der Waals surface area contributed by atoms with Crippen LogP contribution in [0.3, 0.4) is 0 Å². The van der Waals surface area contributed by atoms with E-state index in [1.807, 2.05) is 19.1 Å². The number of carbonyl (C=O) groups excluding carboxylic acids is 2. The standard InChI is InChI=1S/C23H34N2O5/c1-5-8-9-10-14-30-18-13-12-16(15-19(18)28-4)21-20(22(26)29-7-3)17(11-6-2)24-23(27)25-21/h12-13,15,21H,5-11,14H2,1-4H3,(H2,24,25,27). The molecule has 1 aromatic rings. The van der Waals surface area contributed by atoms with Crippen molar-refractivity contribution in [2.45, 2.75) is 65.3 Å². The molecule has 0 saturated heterocycles. The summed E-state index contributed by atoms with van der Waals surface area (Å²) in [5.74, 6) is 0.776. The molecule has 1 aliphatic rings. The highest BCUT2D eigenvalue weighted by Crippen LogP contribution is 2.35. The number of methoxy groups -OCH3 is 1. The Labute approximate surface area is 179 Å². The van der Waals surface area contributed by atoms with Gasteiger partial charge in [0.05, 0.1) is 31.9 Å². The van der Waals surface area contributed by atoms with Gasteiger partial charge in [-0.05, 0) is 37.5 Å². The van der Waals surface area contributed by atoms with Crippen molar-refractivity contribution in [3.05, 3.63) is 35.0 Å². The van der Waals surface area contributed by atoms with Gasteiger partial charge in [-0.25, -0.2) is 9.59 Å². The number of amides is 2. The van der Waals surface area contributed by atoms with Crippen LogP contribution in [0.2, 0.25) is 0 Å². The van der Waals surface area contributed by atoms with Crippen molar-refractivity contribution >= 4 is 12.0 Å². The van der Waals surface area contributed by atoms with Crippen molar-refractivity contribution in [2.24, 2.45) is 0 Å². The maximum Gasteiger partial charge on any atom is 0.338 e. The van der Waals surface area contributed by atoms with Gasteiger partial charge in [0.2, 0.25) is 0 Å². The molecule has 7 nitrogen and oxygen atoms in total. The maximum atomic E-state index is 12.7. The first-order valence-corrected chi connectivity index (χ1v) is 10.8. The lowest BCUT2D eigenvalue weighted by Gasteiger charge is -2.29. The van der Waals surface area contributed by atoms with Gasteiger partial charge in [-0.2, -0.15) is 0 Å². The number of nitrogens with one attached hydrogen (secondary N) is 2. The number of allylic oxidation sites excluding steroid dienone is 1. The Bertz CT molecular complexity index is 760. The van der Waals surface area contributed by atoms with Crippen molar-refractivity contribution in [3.8, 4) is 11.5 Å². The molecule has 0 aliphatic carbocycles.